The van der Waals surface area contributed by atoms with Gasteiger partial charge in [0.1, 0.15) is 0 Å². The predicted octanol–water partition coefficient (Wildman–Crippen LogP) is 3.03. The van der Waals surface area contributed by atoms with Crippen molar-refractivity contribution in [3.8, 4) is 0 Å². The lowest BCUT2D eigenvalue weighted by atomic mass is 9.84. The van der Waals surface area contributed by atoms with Crippen molar-refractivity contribution in [1.29, 1.82) is 0 Å². The molecular formula is C18H36N2O. The van der Waals surface area contributed by atoms with E-state index >= 15 is 0 Å². The Kier molecular flexibility index (Phi) is 6.97. The topological polar surface area (TPSA) is 35.5 Å². The molecule has 1 heterocycles. The lowest BCUT2D eigenvalue weighted by molar-refractivity contribution is 0.0765. The first-order chi connectivity index (χ1) is 10.1. The van der Waals surface area contributed by atoms with Crippen LogP contribution in [0.1, 0.15) is 65.7 Å². The van der Waals surface area contributed by atoms with Gasteiger partial charge in [0, 0.05) is 18.1 Å². The molecule has 2 rings (SSSR count). The van der Waals surface area contributed by atoms with E-state index in [0.717, 1.165) is 18.4 Å². The van der Waals surface area contributed by atoms with E-state index in [0.29, 0.717) is 12.0 Å². The number of rotatable bonds is 6. The highest BCUT2D eigenvalue weighted by Gasteiger charge is 2.30. The molecule has 1 saturated carbocycles. The lowest BCUT2D eigenvalue weighted by Crippen LogP contribution is -2.51. The second-order valence-corrected chi connectivity index (χ2v) is 7.82. The van der Waals surface area contributed by atoms with Crippen LogP contribution in [0.15, 0.2) is 0 Å². The monoisotopic (exact) mass is 296 g/mol. The molecule has 0 amide bonds. The summed E-state index contributed by atoms with van der Waals surface area (Å²) in [5.74, 6) is 1.53. The van der Waals surface area contributed by atoms with Gasteiger partial charge in [0.25, 0.3) is 0 Å². The number of piperidine rings is 1. The van der Waals surface area contributed by atoms with Gasteiger partial charge in [-0.15, -0.1) is 0 Å². The number of nitrogens with zero attached hydrogens (tertiary/aromatic N) is 1. The predicted molar refractivity (Wildman–Crippen MR) is 89.5 cm³/mol. The number of aliphatic hydroxyl groups excluding tert-OH is 1. The van der Waals surface area contributed by atoms with Gasteiger partial charge >= 0.3 is 0 Å². The van der Waals surface area contributed by atoms with Crippen LogP contribution in [0.4, 0.5) is 0 Å². The van der Waals surface area contributed by atoms with Gasteiger partial charge in [0.15, 0.2) is 0 Å². The Hall–Kier alpha value is -0.120. The second-order valence-electron chi connectivity index (χ2n) is 7.82. The first-order valence-corrected chi connectivity index (χ1v) is 9.21. The quantitative estimate of drug-likeness (QED) is 0.791. The minimum absolute atomic E-state index is 0.276. The highest BCUT2D eigenvalue weighted by atomic mass is 16.3. The minimum Gasteiger partial charge on any atom is -0.395 e. The SMILES string of the molecule is CC(C)CC(CO)NC1CCN(C2CCCCC2C)CC1. The Bertz CT molecular complexity index is 287. The first-order valence-electron chi connectivity index (χ1n) is 9.21. The van der Waals surface area contributed by atoms with E-state index in [2.05, 4.69) is 31.0 Å². The smallest absolute Gasteiger partial charge is 0.0584 e. The molecule has 2 aliphatic rings. The summed E-state index contributed by atoms with van der Waals surface area (Å²) in [7, 11) is 0. The summed E-state index contributed by atoms with van der Waals surface area (Å²) in [6.45, 7) is 9.67. The van der Waals surface area contributed by atoms with Gasteiger partial charge in [0.2, 0.25) is 0 Å². The molecular weight excluding hydrogens is 260 g/mol. The standard InChI is InChI=1S/C18H36N2O/c1-14(2)12-17(13-21)19-16-8-10-20(11-9-16)18-7-5-4-6-15(18)3/h14-19,21H,4-13H2,1-3H3. The maximum Gasteiger partial charge on any atom is 0.0584 e. The Labute approximate surface area is 131 Å². The van der Waals surface area contributed by atoms with Gasteiger partial charge in [-0.05, 0) is 57.0 Å². The maximum atomic E-state index is 9.52. The third kappa shape index (κ3) is 5.22. The average molecular weight is 296 g/mol. The third-order valence-electron chi connectivity index (χ3n) is 5.51. The zero-order valence-electron chi connectivity index (χ0n) is 14.4. The van der Waals surface area contributed by atoms with Crippen LogP contribution in [-0.4, -0.2) is 47.8 Å². The van der Waals surface area contributed by atoms with E-state index in [1.165, 1.54) is 51.6 Å². The number of aliphatic hydroxyl groups is 1. The van der Waals surface area contributed by atoms with E-state index < -0.39 is 0 Å². The summed E-state index contributed by atoms with van der Waals surface area (Å²) in [5.41, 5.74) is 0. The van der Waals surface area contributed by atoms with Crippen LogP contribution in [0.5, 0.6) is 0 Å². The summed E-state index contributed by atoms with van der Waals surface area (Å²) in [4.78, 5) is 2.75. The first kappa shape index (κ1) is 17.2. The molecule has 0 spiro atoms. The number of likely N-dealkylation sites (tertiary alicyclic amines) is 1. The largest absolute Gasteiger partial charge is 0.395 e. The molecule has 1 aliphatic heterocycles. The van der Waals surface area contributed by atoms with Crippen molar-refractivity contribution in [3.05, 3.63) is 0 Å². The normalized spacial score (nSPS) is 30.7. The molecule has 2 N–H and O–H groups in total. The van der Waals surface area contributed by atoms with Crippen LogP contribution in [0.25, 0.3) is 0 Å². The van der Waals surface area contributed by atoms with E-state index in [4.69, 9.17) is 0 Å². The summed E-state index contributed by atoms with van der Waals surface area (Å²) in [6, 6.07) is 1.73. The molecule has 2 fully saturated rings. The molecule has 1 aliphatic carbocycles. The summed E-state index contributed by atoms with van der Waals surface area (Å²) in [6.07, 6.45) is 9.26. The fourth-order valence-electron chi connectivity index (χ4n) is 4.33. The zero-order chi connectivity index (χ0) is 15.2. The van der Waals surface area contributed by atoms with Gasteiger partial charge in [-0.25, -0.2) is 0 Å². The minimum atomic E-state index is 0.276. The van der Waals surface area contributed by atoms with Crippen LogP contribution in [0, 0.1) is 11.8 Å². The van der Waals surface area contributed by atoms with E-state index in [1.807, 2.05) is 0 Å². The molecule has 3 atom stereocenters. The van der Waals surface area contributed by atoms with Crippen molar-refractivity contribution in [1.82, 2.24) is 10.2 Å². The van der Waals surface area contributed by atoms with Crippen LogP contribution >= 0.6 is 0 Å². The van der Waals surface area contributed by atoms with Crippen molar-refractivity contribution in [2.75, 3.05) is 19.7 Å². The van der Waals surface area contributed by atoms with Crippen LogP contribution in [-0.2, 0) is 0 Å². The fourth-order valence-corrected chi connectivity index (χ4v) is 4.33. The van der Waals surface area contributed by atoms with Crippen molar-refractivity contribution < 1.29 is 5.11 Å². The van der Waals surface area contributed by atoms with Gasteiger partial charge in [-0.2, -0.15) is 0 Å². The average Bonchev–Trinajstić information content (AvgIpc) is 2.47. The van der Waals surface area contributed by atoms with Crippen molar-refractivity contribution >= 4 is 0 Å². The molecule has 0 radical (unpaired) electrons. The third-order valence-corrected chi connectivity index (χ3v) is 5.51. The van der Waals surface area contributed by atoms with Crippen molar-refractivity contribution in [2.24, 2.45) is 11.8 Å². The number of nitrogens with one attached hydrogen (secondary N) is 1. The molecule has 0 bridgehead atoms. The number of hydrogen-bond donors (Lipinski definition) is 2. The second kappa shape index (κ2) is 8.50. The maximum absolute atomic E-state index is 9.52. The van der Waals surface area contributed by atoms with E-state index in [-0.39, 0.29) is 12.6 Å². The van der Waals surface area contributed by atoms with E-state index in [1.54, 1.807) is 0 Å². The molecule has 0 aromatic carbocycles. The molecule has 21 heavy (non-hydrogen) atoms. The van der Waals surface area contributed by atoms with Gasteiger partial charge in [-0.3, -0.25) is 0 Å². The van der Waals surface area contributed by atoms with Crippen molar-refractivity contribution in [3.63, 3.8) is 0 Å². The summed E-state index contributed by atoms with van der Waals surface area (Å²) < 4.78 is 0. The Morgan fingerprint density at radius 2 is 1.76 bits per heavy atom. The van der Waals surface area contributed by atoms with E-state index in [9.17, 15) is 5.11 Å². The molecule has 1 saturated heterocycles. The molecule has 3 unspecified atom stereocenters. The van der Waals surface area contributed by atoms with Gasteiger partial charge in [0.05, 0.1) is 6.61 Å². The summed E-state index contributed by atoms with van der Waals surface area (Å²) in [5, 5.41) is 13.2. The zero-order valence-corrected chi connectivity index (χ0v) is 14.4. The molecule has 0 aromatic heterocycles. The Morgan fingerprint density at radius 3 is 2.33 bits per heavy atom. The molecule has 0 aromatic rings. The fraction of sp³-hybridized carbons (Fsp3) is 1.00. The number of hydrogen-bond acceptors (Lipinski definition) is 3. The van der Waals surface area contributed by atoms with Crippen LogP contribution in [0.2, 0.25) is 0 Å². The molecule has 3 nitrogen and oxygen atoms in total. The Balaban J connectivity index is 1.74. The van der Waals surface area contributed by atoms with Gasteiger partial charge in [-0.1, -0.05) is 33.6 Å². The lowest BCUT2D eigenvalue weighted by Gasteiger charge is -2.43. The summed E-state index contributed by atoms with van der Waals surface area (Å²) >= 11 is 0. The van der Waals surface area contributed by atoms with Crippen molar-refractivity contribution in [2.45, 2.75) is 83.8 Å². The molecule has 3 heteroatoms. The Morgan fingerprint density at radius 1 is 1.10 bits per heavy atom. The molecule has 124 valence electrons. The van der Waals surface area contributed by atoms with Gasteiger partial charge < -0.3 is 15.3 Å². The highest BCUT2D eigenvalue weighted by Crippen LogP contribution is 2.30. The highest BCUT2D eigenvalue weighted by molar-refractivity contribution is 4.87. The van der Waals surface area contributed by atoms with Crippen LogP contribution < -0.4 is 5.32 Å². The van der Waals surface area contributed by atoms with Crippen LogP contribution in [0.3, 0.4) is 0 Å².